The second-order valence-corrected chi connectivity index (χ2v) is 10.3. The minimum Gasteiger partial charge on any atom is -0.352 e. The van der Waals surface area contributed by atoms with Crippen molar-refractivity contribution in [3.05, 3.63) is 60.2 Å². The summed E-state index contributed by atoms with van der Waals surface area (Å²) in [6.45, 7) is 1.63. The summed E-state index contributed by atoms with van der Waals surface area (Å²) >= 11 is 0. The Bertz CT molecular complexity index is 1160. The fourth-order valence-electron chi connectivity index (χ4n) is 4.48. The summed E-state index contributed by atoms with van der Waals surface area (Å²) in [5.74, 6) is -0.720. The number of nitrogens with zero attached hydrogens (tertiary/aromatic N) is 2. The summed E-state index contributed by atoms with van der Waals surface area (Å²) in [4.78, 5) is 41.5. The van der Waals surface area contributed by atoms with Gasteiger partial charge in [-0.3, -0.25) is 14.4 Å². The zero-order chi connectivity index (χ0) is 24.3. The Morgan fingerprint density at radius 3 is 2.24 bits per heavy atom. The van der Waals surface area contributed by atoms with Gasteiger partial charge in [0.05, 0.1) is 10.8 Å². The molecule has 2 saturated heterocycles. The molecule has 0 saturated carbocycles. The van der Waals surface area contributed by atoms with Gasteiger partial charge in [0.15, 0.2) is 0 Å². The van der Waals surface area contributed by atoms with Crippen molar-refractivity contribution in [2.24, 2.45) is 17.0 Å². The van der Waals surface area contributed by atoms with E-state index in [0.29, 0.717) is 32.5 Å². The van der Waals surface area contributed by atoms with Crippen molar-refractivity contribution in [1.29, 1.82) is 0 Å². The third kappa shape index (κ3) is 5.45. The third-order valence-corrected chi connectivity index (χ3v) is 7.37. The number of anilines is 1. The van der Waals surface area contributed by atoms with Gasteiger partial charge in [-0.2, -0.15) is 0 Å². The van der Waals surface area contributed by atoms with Crippen LogP contribution in [0.2, 0.25) is 0 Å². The third-order valence-electron chi connectivity index (χ3n) is 6.44. The molecular weight excluding hydrogens is 456 g/mol. The van der Waals surface area contributed by atoms with Gasteiger partial charge < -0.3 is 15.1 Å². The molecular formula is C24H28N4O5S. The lowest BCUT2D eigenvalue weighted by Crippen LogP contribution is -2.45. The van der Waals surface area contributed by atoms with E-state index in [9.17, 15) is 22.8 Å². The topological polar surface area (TPSA) is 130 Å². The molecule has 4 rings (SSSR count). The number of hydrogen-bond donors (Lipinski definition) is 2. The van der Waals surface area contributed by atoms with Crippen molar-refractivity contribution in [1.82, 2.24) is 10.2 Å². The highest BCUT2D eigenvalue weighted by Crippen LogP contribution is 2.28. The van der Waals surface area contributed by atoms with Crippen LogP contribution in [0.3, 0.4) is 0 Å². The summed E-state index contributed by atoms with van der Waals surface area (Å²) < 4.78 is 22.7. The number of likely N-dealkylation sites (tertiary alicyclic amines) is 1. The molecule has 9 nitrogen and oxygen atoms in total. The van der Waals surface area contributed by atoms with Gasteiger partial charge in [-0.1, -0.05) is 30.3 Å². The van der Waals surface area contributed by atoms with Crippen LogP contribution in [0.4, 0.5) is 5.69 Å². The quantitative estimate of drug-likeness (QED) is 0.637. The number of rotatable bonds is 6. The minimum atomic E-state index is -3.75. The Morgan fingerprint density at radius 1 is 0.971 bits per heavy atom. The van der Waals surface area contributed by atoms with Crippen molar-refractivity contribution >= 4 is 33.4 Å². The molecule has 0 aliphatic carbocycles. The van der Waals surface area contributed by atoms with Crippen LogP contribution < -0.4 is 15.4 Å². The second kappa shape index (κ2) is 9.94. The fraction of sp³-hybridized carbons (Fsp3) is 0.375. The number of nitrogens with two attached hydrogens (primary N) is 1. The van der Waals surface area contributed by atoms with Crippen LogP contribution in [-0.4, -0.2) is 50.7 Å². The van der Waals surface area contributed by atoms with Gasteiger partial charge in [-0.15, -0.1) is 0 Å². The number of primary sulfonamides is 1. The van der Waals surface area contributed by atoms with Gasteiger partial charge in [-0.25, -0.2) is 13.6 Å². The summed E-state index contributed by atoms with van der Waals surface area (Å²) in [7, 11) is -3.75. The number of para-hydroxylation sites is 1. The molecule has 1 atom stereocenters. The van der Waals surface area contributed by atoms with E-state index in [0.717, 1.165) is 11.3 Å². The average Bonchev–Trinajstić information content (AvgIpc) is 3.24. The molecule has 2 aliphatic rings. The van der Waals surface area contributed by atoms with Crippen molar-refractivity contribution in [3.63, 3.8) is 0 Å². The molecule has 0 radical (unpaired) electrons. The van der Waals surface area contributed by atoms with E-state index in [4.69, 9.17) is 5.14 Å². The molecule has 34 heavy (non-hydrogen) atoms. The largest absolute Gasteiger partial charge is 0.352 e. The van der Waals surface area contributed by atoms with E-state index in [1.54, 1.807) is 21.9 Å². The maximum atomic E-state index is 13.0. The number of piperidine rings is 1. The maximum absolute atomic E-state index is 13.0. The molecule has 0 spiro atoms. The molecule has 2 aromatic carbocycles. The van der Waals surface area contributed by atoms with E-state index in [2.05, 4.69) is 5.32 Å². The van der Waals surface area contributed by atoms with E-state index >= 15 is 0 Å². The van der Waals surface area contributed by atoms with Crippen LogP contribution in [0, 0.1) is 11.8 Å². The number of sulfonamides is 1. The average molecular weight is 485 g/mol. The molecule has 0 bridgehead atoms. The number of carbonyl (C=O) groups excluding carboxylic acids is 3. The van der Waals surface area contributed by atoms with Gasteiger partial charge in [0, 0.05) is 44.2 Å². The Labute approximate surface area is 199 Å². The Kier molecular flexibility index (Phi) is 6.99. The molecule has 2 aliphatic heterocycles. The first-order valence-corrected chi connectivity index (χ1v) is 12.8. The highest BCUT2D eigenvalue weighted by Gasteiger charge is 2.38. The Morgan fingerprint density at radius 2 is 1.62 bits per heavy atom. The molecule has 3 N–H and O–H groups in total. The van der Waals surface area contributed by atoms with E-state index in [-0.39, 0.29) is 47.4 Å². The van der Waals surface area contributed by atoms with Gasteiger partial charge in [0.25, 0.3) is 0 Å². The normalized spacial score (nSPS) is 19.3. The van der Waals surface area contributed by atoms with Crippen LogP contribution in [-0.2, 0) is 31.0 Å². The van der Waals surface area contributed by atoms with Crippen LogP contribution in [0.15, 0.2) is 59.5 Å². The summed E-state index contributed by atoms with van der Waals surface area (Å²) in [6.07, 6.45) is 1.33. The van der Waals surface area contributed by atoms with Crippen molar-refractivity contribution < 1.29 is 22.8 Å². The van der Waals surface area contributed by atoms with Crippen LogP contribution in [0.5, 0.6) is 0 Å². The standard InChI is InChI=1S/C24H28N4O5S/c25-34(32,33)21-8-6-17(7-9-21)15-26-23(30)18-10-12-27(13-11-18)24(31)19-14-22(29)28(16-19)20-4-2-1-3-5-20/h1-9,18-19H,10-16H2,(H,26,30)(H2,25,32,33). The molecule has 10 heteroatoms. The Balaban J connectivity index is 1.25. The highest BCUT2D eigenvalue weighted by molar-refractivity contribution is 7.89. The van der Waals surface area contributed by atoms with Gasteiger partial charge in [0.1, 0.15) is 0 Å². The first-order valence-electron chi connectivity index (χ1n) is 11.3. The van der Waals surface area contributed by atoms with Gasteiger partial charge >= 0.3 is 0 Å². The second-order valence-electron chi connectivity index (χ2n) is 8.75. The molecule has 3 amide bonds. The lowest BCUT2D eigenvalue weighted by Gasteiger charge is -2.33. The SMILES string of the molecule is NS(=O)(=O)c1ccc(CNC(=O)C2CCN(C(=O)C3CC(=O)N(c4ccccc4)C3)CC2)cc1. The van der Waals surface area contributed by atoms with Gasteiger partial charge in [-0.05, 0) is 42.7 Å². The van der Waals surface area contributed by atoms with E-state index < -0.39 is 10.0 Å². The number of nitrogens with one attached hydrogen (secondary N) is 1. The van der Waals surface area contributed by atoms with Gasteiger partial charge in [0.2, 0.25) is 27.7 Å². The smallest absolute Gasteiger partial charge is 0.238 e. The number of amides is 3. The minimum absolute atomic E-state index is 0.0236. The summed E-state index contributed by atoms with van der Waals surface area (Å²) in [5.41, 5.74) is 1.57. The number of carbonyl (C=O) groups is 3. The Hall–Kier alpha value is -3.24. The highest BCUT2D eigenvalue weighted by atomic mass is 32.2. The number of benzene rings is 2. The summed E-state index contributed by atoms with van der Waals surface area (Å²) in [6, 6.07) is 15.4. The van der Waals surface area contributed by atoms with E-state index in [1.807, 2.05) is 30.3 Å². The number of hydrogen-bond acceptors (Lipinski definition) is 5. The predicted octanol–water partition coefficient (Wildman–Crippen LogP) is 1.24. The lowest BCUT2D eigenvalue weighted by molar-refractivity contribution is -0.139. The first-order chi connectivity index (χ1) is 16.2. The van der Waals surface area contributed by atoms with Crippen LogP contribution in [0.1, 0.15) is 24.8 Å². The molecule has 2 fully saturated rings. The first kappa shape index (κ1) is 23.9. The molecule has 180 valence electrons. The van der Waals surface area contributed by atoms with Crippen molar-refractivity contribution in [2.45, 2.75) is 30.7 Å². The monoisotopic (exact) mass is 484 g/mol. The van der Waals surface area contributed by atoms with Crippen LogP contribution in [0.25, 0.3) is 0 Å². The summed E-state index contributed by atoms with van der Waals surface area (Å²) in [5, 5.41) is 7.98. The predicted molar refractivity (Wildman–Crippen MR) is 126 cm³/mol. The molecule has 1 unspecified atom stereocenters. The van der Waals surface area contributed by atoms with E-state index in [1.165, 1.54) is 12.1 Å². The zero-order valence-corrected chi connectivity index (χ0v) is 19.5. The van der Waals surface area contributed by atoms with Crippen LogP contribution >= 0.6 is 0 Å². The zero-order valence-electron chi connectivity index (χ0n) is 18.7. The maximum Gasteiger partial charge on any atom is 0.238 e. The van der Waals surface area contributed by atoms with Crippen molar-refractivity contribution in [3.8, 4) is 0 Å². The molecule has 2 heterocycles. The fourth-order valence-corrected chi connectivity index (χ4v) is 5.00. The molecule has 2 aromatic rings. The van der Waals surface area contributed by atoms with Crippen molar-refractivity contribution in [2.75, 3.05) is 24.5 Å². The molecule has 0 aromatic heterocycles. The lowest BCUT2D eigenvalue weighted by atomic mass is 9.94.